The Bertz CT molecular complexity index is 921. The third-order valence-electron chi connectivity index (χ3n) is 4.08. The lowest BCUT2D eigenvalue weighted by atomic mass is 10.2. The number of hydrogen-bond donors (Lipinski definition) is 2. The molecular formula is C19H21ClN4O3. The van der Waals surface area contributed by atoms with Crippen LogP contribution >= 0.6 is 11.6 Å². The van der Waals surface area contributed by atoms with E-state index in [0.29, 0.717) is 28.8 Å². The first kappa shape index (κ1) is 18.8. The van der Waals surface area contributed by atoms with Crippen LogP contribution in [0, 0.1) is 13.8 Å². The van der Waals surface area contributed by atoms with E-state index in [9.17, 15) is 4.79 Å². The normalized spacial score (nSPS) is 11.9. The number of anilines is 1. The van der Waals surface area contributed by atoms with Crippen LogP contribution in [0.15, 0.2) is 47.1 Å². The lowest BCUT2D eigenvalue weighted by Gasteiger charge is -2.18. The average Bonchev–Trinajstić information content (AvgIpc) is 3.26. The summed E-state index contributed by atoms with van der Waals surface area (Å²) in [7, 11) is 1.53. The van der Waals surface area contributed by atoms with Crippen LogP contribution in [0.5, 0.6) is 5.75 Å². The Morgan fingerprint density at radius 2 is 2.15 bits per heavy atom. The number of furan rings is 1. The van der Waals surface area contributed by atoms with Crippen LogP contribution < -0.4 is 15.4 Å². The molecule has 7 nitrogen and oxygen atoms in total. The van der Waals surface area contributed by atoms with Gasteiger partial charge in [0.05, 0.1) is 24.8 Å². The first-order chi connectivity index (χ1) is 13.0. The molecule has 2 aromatic heterocycles. The minimum Gasteiger partial charge on any atom is -0.495 e. The van der Waals surface area contributed by atoms with Gasteiger partial charge in [0.2, 0.25) is 0 Å². The summed E-state index contributed by atoms with van der Waals surface area (Å²) in [6.07, 6.45) is 1.60. The number of carbonyl (C=O) groups excluding carboxylic acids is 1. The van der Waals surface area contributed by atoms with Crippen molar-refractivity contribution in [2.45, 2.75) is 19.9 Å². The molecule has 0 fully saturated rings. The van der Waals surface area contributed by atoms with Crippen molar-refractivity contribution in [1.82, 2.24) is 15.1 Å². The van der Waals surface area contributed by atoms with Gasteiger partial charge in [0.25, 0.3) is 0 Å². The predicted molar refractivity (Wildman–Crippen MR) is 104 cm³/mol. The van der Waals surface area contributed by atoms with Gasteiger partial charge in [-0.3, -0.25) is 4.68 Å². The molecule has 8 heteroatoms. The zero-order chi connectivity index (χ0) is 19.4. The van der Waals surface area contributed by atoms with E-state index in [0.717, 1.165) is 11.4 Å². The van der Waals surface area contributed by atoms with Crippen molar-refractivity contribution in [3.05, 3.63) is 64.8 Å². The number of aromatic nitrogens is 2. The number of carbonyl (C=O) groups is 1. The Kier molecular flexibility index (Phi) is 5.71. The summed E-state index contributed by atoms with van der Waals surface area (Å²) in [6, 6.07) is 10.0. The SMILES string of the molecule is COc1ccc(Cl)cc1NC(=O)NCC(c1ccco1)n1nc(C)cc1C. The Balaban J connectivity index is 1.73. The van der Waals surface area contributed by atoms with Crippen LogP contribution in [-0.2, 0) is 0 Å². The summed E-state index contributed by atoms with van der Waals surface area (Å²) in [4.78, 5) is 12.4. The van der Waals surface area contributed by atoms with E-state index in [4.69, 9.17) is 20.8 Å². The van der Waals surface area contributed by atoms with E-state index >= 15 is 0 Å². The average molecular weight is 389 g/mol. The largest absolute Gasteiger partial charge is 0.495 e. The number of rotatable bonds is 6. The van der Waals surface area contributed by atoms with Crippen LogP contribution in [0.25, 0.3) is 0 Å². The van der Waals surface area contributed by atoms with Crippen molar-refractivity contribution in [2.24, 2.45) is 0 Å². The second-order valence-corrected chi connectivity index (χ2v) is 6.52. The van der Waals surface area contributed by atoms with Gasteiger partial charge in [-0.1, -0.05) is 11.6 Å². The number of halogens is 1. The molecule has 0 aliphatic heterocycles. The molecule has 142 valence electrons. The standard InChI is InChI=1S/C19H21ClN4O3/c1-12-9-13(2)24(23-12)16(18-5-4-8-27-18)11-21-19(25)22-15-10-14(20)6-7-17(15)26-3/h4-10,16H,11H2,1-3H3,(H2,21,22,25). The summed E-state index contributed by atoms with van der Waals surface area (Å²) >= 11 is 6.00. The van der Waals surface area contributed by atoms with E-state index in [1.54, 1.807) is 24.5 Å². The third-order valence-corrected chi connectivity index (χ3v) is 4.31. The van der Waals surface area contributed by atoms with E-state index in [2.05, 4.69) is 15.7 Å². The minimum atomic E-state index is -0.381. The van der Waals surface area contributed by atoms with Crippen LogP contribution in [0.2, 0.25) is 5.02 Å². The van der Waals surface area contributed by atoms with Gasteiger partial charge in [-0.2, -0.15) is 5.10 Å². The summed E-state index contributed by atoms with van der Waals surface area (Å²) < 4.78 is 12.6. The van der Waals surface area contributed by atoms with E-state index < -0.39 is 0 Å². The van der Waals surface area contributed by atoms with Gasteiger partial charge in [0, 0.05) is 17.3 Å². The number of amides is 2. The van der Waals surface area contributed by atoms with Gasteiger partial charge in [-0.25, -0.2) is 4.79 Å². The predicted octanol–water partition coefficient (Wildman–Crippen LogP) is 4.17. The van der Waals surface area contributed by atoms with Crippen LogP contribution in [-0.4, -0.2) is 29.5 Å². The Morgan fingerprint density at radius 1 is 1.33 bits per heavy atom. The Hall–Kier alpha value is -2.93. The van der Waals surface area contributed by atoms with Gasteiger partial charge in [-0.15, -0.1) is 0 Å². The summed E-state index contributed by atoms with van der Waals surface area (Å²) in [5, 5.41) is 10.6. The second-order valence-electron chi connectivity index (χ2n) is 6.08. The van der Waals surface area contributed by atoms with E-state index in [-0.39, 0.29) is 12.1 Å². The zero-order valence-electron chi connectivity index (χ0n) is 15.3. The lowest BCUT2D eigenvalue weighted by Crippen LogP contribution is -2.35. The van der Waals surface area contributed by atoms with Crippen molar-refractivity contribution in [3.8, 4) is 5.75 Å². The molecule has 2 N–H and O–H groups in total. The minimum absolute atomic E-state index is 0.263. The summed E-state index contributed by atoms with van der Waals surface area (Å²) in [5.41, 5.74) is 2.37. The molecule has 3 rings (SSSR count). The molecule has 3 aromatic rings. The highest BCUT2D eigenvalue weighted by Gasteiger charge is 2.21. The number of nitrogens with one attached hydrogen (secondary N) is 2. The highest BCUT2D eigenvalue weighted by molar-refractivity contribution is 6.31. The zero-order valence-corrected chi connectivity index (χ0v) is 16.1. The first-order valence-corrected chi connectivity index (χ1v) is 8.80. The molecule has 0 radical (unpaired) electrons. The number of nitrogens with zero attached hydrogens (tertiary/aromatic N) is 2. The van der Waals surface area contributed by atoms with Crippen molar-refractivity contribution in [3.63, 3.8) is 0 Å². The monoisotopic (exact) mass is 388 g/mol. The van der Waals surface area contributed by atoms with Gasteiger partial charge < -0.3 is 19.8 Å². The summed E-state index contributed by atoms with van der Waals surface area (Å²) in [6.45, 7) is 4.19. The Labute approximate surface area is 162 Å². The van der Waals surface area contributed by atoms with Crippen molar-refractivity contribution in [1.29, 1.82) is 0 Å². The number of methoxy groups -OCH3 is 1. The van der Waals surface area contributed by atoms with Gasteiger partial charge in [0.1, 0.15) is 17.6 Å². The number of benzene rings is 1. The molecule has 0 saturated heterocycles. The van der Waals surface area contributed by atoms with Crippen molar-refractivity contribution in [2.75, 3.05) is 19.0 Å². The topological polar surface area (TPSA) is 81.3 Å². The number of hydrogen-bond acceptors (Lipinski definition) is 4. The molecule has 2 amide bonds. The highest BCUT2D eigenvalue weighted by Crippen LogP contribution is 2.27. The maximum absolute atomic E-state index is 12.4. The van der Waals surface area contributed by atoms with Gasteiger partial charge in [0.15, 0.2) is 0 Å². The molecule has 1 aromatic carbocycles. The first-order valence-electron chi connectivity index (χ1n) is 8.42. The van der Waals surface area contributed by atoms with Gasteiger partial charge in [-0.05, 0) is 50.2 Å². The number of urea groups is 1. The van der Waals surface area contributed by atoms with E-state index in [1.807, 2.05) is 36.7 Å². The van der Waals surface area contributed by atoms with Crippen molar-refractivity contribution < 1.29 is 13.9 Å². The number of aryl methyl sites for hydroxylation is 2. The molecule has 0 spiro atoms. The molecule has 2 heterocycles. The third kappa shape index (κ3) is 4.43. The number of ether oxygens (including phenoxy) is 1. The van der Waals surface area contributed by atoms with Crippen LogP contribution in [0.1, 0.15) is 23.2 Å². The fraction of sp³-hybridized carbons (Fsp3) is 0.263. The van der Waals surface area contributed by atoms with Gasteiger partial charge >= 0.3 is 6.03 Å². The molecule has 0 aliphatic rings. The quantitative estimate of drug-likeness (QED) is 0.664. The fourth-order valence-electron chi connectivity index (χ4n) is 2.88. The Morgan fingerprint density at radius 3 is 2.78 bits per heavy atom. The highest BCUT2D eigenvalue weighted by atomic mass is 35.5. The maximum Gasteiger partial charge on any atom is 0.319 e. The smallest absolute Gasteiger partial charge is 0.319 e. The second kappa shape index (κ2) is 8.18. The maximum atomic E-state index is 12.4. The molecule has 0 bridgehead atoms. The van der Waals surface area contributed by atoms with Crippen molar-refractivity contribution >= 4 is 23.3 Å². The lowest BCUT2D eigenvalue weighted by molar-refractivity contribution is 0.249. The van der Waals surface area contributed by atoms with Crippen LogP contribution in [0.3, 0.4) is 0 Å². The fourth-order valence-corrected chi connectivity index (χ4v) is 3.06. The van der Waals surface area contributed by atoms with E-state index in [1.165, 1.54) is 7.11 Å². The molecule has 27 heavy (non-hydrogen) atoms. The molecular weight excluding hydrogens is 368 g/mol. The van der Waals surface area contributed by atoms with Crippen LogP contribution in [0.4, 0.5) is 10.5 Å². The molecule has 1 unspecified atom stereocenters. The molecule has 0 saturated carbocycles. The summed E-state index contributed by atoms with van der Waals surface area (Å²) in [5.74, 6) is 1.23. The molecule has 1 atom stereocenters. The molecule has 0 aliphatic carbocycles.